The first-order valence-corrected chi connectivity index (χ1v) is 26.7. The summed E-state index contributed by atoms with van der Waals surface area (Å²) in [7, 11) is 0. The number of unbranched alkanes of at least 4 members (excludes halogenated alkanes) is 23. The van der Waals surface area contributed by atoms with Crippen molar-refractivity contribution >= 4 is 11.9 Å². The first kappa shape index (κ1) is 61.9. The van der Waals surface area contributed by atoms with E-state index >= 15 is 0 Å². The molecular weight excluding hydrogens is 877 g/mol. The molecule has 2 fully saturated rings. The van der Waals surface area contributed by atoms with Crippen molar-refractivity contribution in [3.05, 3.63) is 30.0 Å². The highest BCUT2D eigenvalue weighted by molar-refractivity contribution is 5.70. The van der Waals surface area contributed by atoms with Gasteiger partial charge in [-0.2, -0.15) is 0 Å². The molecule has 7 N–H and O–H groups in total. The van der Waals surface area contributed by atoms with Gasteiger partial charge in [-0.25, -0.2) is 0 Å². The average Bonchev–Trinajstić information content (AvgIpc) is 3.33. The quantitative estimate of drug-likeness (QED) is 0.0135. The number of aliphatic hydroxyl groups is 7. The summed E-state index contributed by atoms with van der Waals surface area (Å²) in [5.74, 6) is -0.944. The average molecular weight is 971 g/mol. The number of esters is 2. The van der Waals surface area contributed by atoms with Crippen LogP contribution in [0.15, 0.2) is 30.0 Å². The molecule has 0 bridgehead atoms. The van der Waals surface area contributed by atoms with E-state index in [1.54, 1.807) is 0 Å². The van der Waals surface area contributed by atoms with Crippen LogP contribution in [0.1, 0.15) is 200 Å². The lowest BCUT2D eigenvalue weighted by molar-refractivity contribution is -0.332. The normalized spacial score (nSPS) is 25.5. The molecule has 2 aliphatic heterocycles. The standard InChI is InChI=1S/C53H94O15/c1-3-5-7-9-11-13-15-17-19-20-22-23-25-27-29-31-33-35-44(55)63-38-41(66-45(56)36-34-32-30-28-26-24-21-18-16-14-12-10-8-6-4-2)39-64-52-51(62)49(60)47(58)43(68-52)40-65-53-50(61)48(59)46(57)42(37-54)67-53/h13,15-16,21,41-43,46-54,57-62H,3-12,14,17,19-20,22-40H2,1-2H3/b15-13+/t18?,41-,42+,43+,46-,47-,48?,49?,50?,51?,52+,53+/m0/s1. The summed E-state index contributed by atoms with van der Waals surface area (Å²) >= 11 is 0. The van der Waals surface area contributed by atoms with Gasteiger partial charge < -0.3 is 64.2 Å². The van der Waals surface area contributed by atoms with E-state index in [4.69, 9.17) is 28.4 Å². The molecule has 0 aromatic rings. The van der Waals surface area contributed by atoms with Crippen LogP contribution in [-0.2, 0) is 38.0 Å². The summed E-state index contributed by atoms with van der Waals surface area (Å²) in [5, 5.41) is 72.1. The third kappa shape index (κ3) is 28.0. The summed E-state index contributed by atoms with van der Waals surface area (Å²) in [6.07, 6.45) is 22.6. The summed E-state index contributed by atoms with van der Waals surface area (Å²) in [5.41, 5.74) is 3.29. The number of rotatable bonds is 41. The van der Waals surface area contributed by atoms with Crippen LogP contribution in [-0.4, -0.2) is 142 Å². The Hall–Kier alpha value is -2.24. The molecule has 2 rings (SSSR count). The Labute approximate surface area is 408 Å². The van der Waals surface area contributed by atoms with Gasteiger partial charge in [-0.15, -0.1) is 5.73 Å². The minimum Gasteiger partial charge on any atom is -0.462 e. The molecule has 4 unspecified atom stereocenters. The van der Waals surface area contributed by atoms with Crippen molar-refractivity contribution in [2.24, 2.45) is 0 Å². The molecule has 0 spiro atoms. The third-order valence-electron chi connectivity index (χ3n) is 12.7. The summed E-state index contributed by atoms with van der Waals surface area (Å²) < 4.78 is 33.6. The second-order valence-corrected chi connectivity index (χ2v) is 18.8. The van der Waals surface area contributed by atoms with Crippen molar-refractivity contribution in [3.63, 3.8) is 0 Å². The van der Waals surface area contributed by atoms with Gasteiger partial charge in [0.1, 0.15) is 55.4 Å². The molecule has 15 nitrogen and oxygen atoms in total. The van der Waals surface area contributed by atoms with Crippen LogP contribution in [0.5, 0.6) is 0 Å². The van der Waals surface area contributed by atoms with Crippen molar-refractivity contribution in [2.45, 2.75) is 268 Å². The van der Waals surface area contributed by atoms with Crippen molar-refractivity contribution in [2.75, 3.05) is 26.4 Å². The SMILES string of the molecule is CCCCCC/C=C/CCCCCCCCCCCC(=O)OC[C@@H](CO[C@@H]1O[C@H](CO[C@@H]2O[C@H](CO)[C@H](O)C(O)C2O)[C@H](O)C(O)C1O)OC(=O)CCCCCCCC=C=CCCCCCCC. The van der Waals surface area contributed by atoms with E-state index in [0.29, 0.717) is 12.8 Å². The van der Waals surface area contributed by atoms with Crippen LogP contribution in [0.3, 0.4) is 0 Å². The van der Waals surface area contributed by atoms with Gasteiger partial charge in [0.05, 0.1) is 19.8 Å². The van der Waals surface area contributed by atoms with E-state index in [2.05, 4.69) is 43.9 Å². The summed E-state index contributed by atoms with van der Waals surface area (Å²) in [4.78, 5) is 25.8. The van der Waals surface area contributed by atoms with Crippen LogP contribution >= 0.6 is 0 Å². The highest BCUT2D eigenvalue weighted by Gasteiger charge is 2.47. The van der Waals surface area contributed by atoms with Crippen molar-refractivity contribution in [1.29, 1.82) is 0 Å². The number of ether oxygens (including phenoxy) is 6. The van der Waals surface area contributed by atoms with Crippen LogP contribution < -0.4 is 0 Å². The first-order chi connectivity index (χ1) is 33.0. The van der Waals surface area contributed by atoms with Crippen LogP contribution in [0.4, 0.5) is 0 Å². The molecular formula is C53H94O15. The van der Waals surface area contributed by atoms with Crippen LogP contribution in [0.25, 0.3) is 0 Å². The smallest absolute Gasteiger partial charge is 0.306 e. The Morgan fingerprint density at radius 1 is 0.500 bits per heavy atom. The molecule has 0 aromatic carbocycles. The lowest BCUT2D eigenvalue weighted by atomic mass is 9.98. The Morgan fingerprint density at radius 2 is 0.926 bits per heavy atom. The maximum atomic E-state index is 13.0. The van der Waals surface area contributed by atoms with E-state index in [0.717, 1.165) is 57.8 Å². The fourth-order valence-electron chi connectivity index (χ4n) is 8.25. The van der Waals surface area contributed by atoms with Crippen molar-refractivity contribution in [3.8, 4) is 0 Å². The summed E-state index contributed by atoms with van der Waals surface area (Å²) in [6, 6.07) is 0. The fourth-order valence-corrected chi connectivity index (χ4v) is 8.25. The van der Waals surface area contributed by atoms with Gasteiger partial charge in [-0.1, -0.05) is 135 Å². The van der Waals surface area contributed by atoms with Gasteiger partial charge in [0.25, 0.3) is 0 Å². The maximum Gasteiger partial charge on any atom is 0.306 e. The molecule has 0 saturated carbocycles. The topological polar surface area (TPSA) is 231 Å². The number of carbonyl (C=O) groups excluding carboxylic acids is 2. The molecule has 396 valence electrons. The Balaban J connectivity index is 1.80. The fraction of sp³-hybridized carbons (Fsp3) is 0.868. The largest absolute Gasteiger partial charge is 0.462 e. The van der Waals surface area contributed by atoms with Crippen molar-refractivity contribution in [1.82, 2.24) is 0 Å². The Bertz CT molecular complexity index is 1340. The number of allylic oxidation sites excluding steroid dienone is 3. The number of hydrogen-bond acceptors (Lipinski definition) is 15. The molecule has 11 atom stereocenters. The molecule has 2 heterocycles. The summed E-state index contributed by atoms with van der Waals surface area (Å²) in [6.45, 7) is 2.55. The zero-order valence-electron chi connectivity index (χ0n) is 41.9. The minimum atomic E-state index is -1.77. The zero-order chi connectivity index (χ0) is 49.6. The van der Waals surface area contributed by atoms with Gasteiger partial charge >= 0.3 is 11.9 Å². The van der Waals surface area contributed by atoms with E-state index in [1.807, 2.05) is 0 Å². The molecule has 0 aliphatic carbocycles. The number of carbonyl (C=O) groups is 2. The van der Waals surface area contributed by atoms with Gasteiger partial charge in [0, 0.05) is 12.8 Å². The highest BCUT2D eigenvalue weighted by atomic mass is 16.7. The molecule has 0 aromatic heterocycles. The van der Waals surface area contributed by atoms with Gasteiger partial charge in [0.2, 0.25) is 0 Å². The van der Waals surface area contributed by atoms with Crippen LogP contribution in [0.2, 0.25) is 0 Å². The van der Waals surface area contributed by atoms with E-state index in [1.165, 1.54) is 103 Å². The Kier molecular flexibility index (Phi) is 36.7. The molecule has 15 heteroatoms. The monoisotopic (exact) mass is 971 g/mol. The second-order valence-electron chi connectivity index (χ2n) is 18.8. The molecule has 2 aliphatic rings. The maximum absolute atomic E-state index is 13.0. The van der Waals surface area contributed by atoms with Gasteiger partial charge in [-0.05, 0) is 76.4 Å². The third-order valence-corrected chi connectivity index (χ3v) is 12.7. The first-order valence-electron chi connectivity index (χ1n) is 26.7. The molecule has 68 heavy (non-hydrogen) atoms. The van der Waals surface area contributed by atoms with E-state index in [-0.39, 0.29) is 26.1 Å². The highest BCUT2D eigenvalue weighted by Crippen LogP contribution is 2.26. The predicted molar refractivity (Wildman–Crippen MR) is 260 cm³/mol. The number of aliphatic hydroxyl groups excluding tert-OH is 7. The number of hydrogen-bond donors (Lipinski definition) is 7. The van der Waals surface area contributed by atoms with Crippen molar-refractivity contribution < 1.29 is 73.8 Å². The lowest BCUT2D eigenvalue weighted by Crippen LogP contribution is -2.61. The van der Waals surface area contributed by atoms with Gasteiger partial charge in [-0.3, -0.25) is 9.59 Å². The predicted octanol–water partition coefficient (Wildman–Crippen LogP) is 7.70. The minimum absolute atomic E-state index is 0.146. The lowest BCUT2D eigenvalue weighted by Gasteiger charge is -2.42. The zero-order valence-corrected chi connectivity index (χ0v) is 41.9. The van der Waals surface area contributed by atoms with Gasteiger partial charge in [0.15, 0.2) is 18.7 Å². The molecule has 2 saturated heterocycles. The van der Waals surface area contributed by atoms with Crippen LogP contribution in [0, 0.1) is 0 Å². The second kappa shape index (κ2) is 40.4. The Morgan fingerprint density at radius 3 is 1.46 bits per heavy atom. The molecule has 0 radical (unpaired) electrons. The van der Waals surface area contributed by atoms with E-state index in [9.17, 15) is 45.3 Å². The molecule has 0 amide bonds. The van der Waals surface area contributed by atoms with E-state index < -0.39 is 92.7 Å².